The van der Waals surface area contributed by atoms with Gasteiger partial charge in [-0.2, -0.15) is 0 Å². The van der Waals surface area contributed by atoms with E-state index in [0.29, 0.717) is 0 Å². The van der Waals surface area contributed by atoms with Crippen LogP contribution in [0.2, 0.25) is 0 Å². The maximum absolute atomic E-state index is 12.0. The second-order valence-corrected chi connectivity index (χ2v) is 3.88. The molecular weight excluding hydrogens is 293 g/mol. The summed E-state index contributed by atoms with van der Waals surface area (Å²) in [7, 11) is 0. The fourth-order valence-electron chi connectivity index (χ4n) is 1.48. The Bertz CT molecular complexity index is 673. The molecule has 10 heteroatoms. The third-order valence-corrected chi connectivity index (χ3v) is 2.38. The van der Waals surface area contributed by atoms with Crippen LogP contribution in [0.5, 0.6) is 5.75 Å². The van der Waals surface area contributed by atoms with Gasteiger partial charge < -0.3 is 4.74 Å². The molecule has 0 unspecified atom stereocenters. The third kappa shape index (κ3) is 3.61. The SMILES string of the molecule is Cc1ncc(-c2ncc(OC(F)(F)F)cn2)cc1[N+](=O)[O-]. The maximum Gasteiger partial charge on any atom is 0.573 e. The first-order valence-electron chi connectivity index (χ1n) is 5.45. The highest BCUT2D eigenvalue weighted by molar-refractivity contribution is 5.58. The fraction of sp³-hybridized carbons (Fsp3) is 0.182. The molecule has 21 heavy (non-hydrogen) atoms. The summed E-state index contributed by atoms with van der Waals surface area (Å²) in [5.41, 5.74) is 0.193. The van der Waals surface area contributed by atoms with Crippen molar-refractivity contribution in [2.75, 3.05) is 0 Å². The lowest BCUT2D eigenvalue weighted by molar-refractivity contribution is -0.385. The average Bonchev–Trinajstić information content (AvgIpc) is 2.38. The molecule has 0 atom stereocenters. The zero-order chi connectivity index (χ0) is 15.6. The van der Waals surface area contributed by atoms with Gasteiger partial charge in [-0.25, -0.2) is 9.97 Å². The van der Waals surface area contributed by atoms with Gasteiger partial charge in [-0.3, -0.25) is 15.1 Å². The van der Waals surface area contributed by atoms with E-state index in [1.165, 1.54) is 19.2 Å². The van der Waals surface area contributed by atoms with Crippen LogP contribution in [0.4, 0.5) is 18.9 Å². The lowest BCUT2D eigenvalue weighted by Gasteiger charge is -2.08. The van der Waals surface area contributed by atoms with Gasteiger partial charge in [0.25, 0.3) is 5.69 Å². The number of ether oxygens (including phenoxy) is 1. The van der Waals surface area contributed by atoms with Crippen LogP contribution in [0.1, 0.15) is 5.69 Å². The second-order valence-electron chi connectivity index (χ2n) is 3.88. The molecule has 0 saturated carbocycles. The summed E-state index contributed by atoms with van der Waals surface area (Å²) >= 11 is 0. The summed E-state index contributed by atoms with van der Waals surface area (Å²) in [5, 5.41) is 10.8. The van der Waals surface area contributed by atoms with E-state index < -0.39 is 17.0 Å². The Hall–Kier alpha value is -2.78. The summed E-state index contributed by atoms with van der Waals surface area (Å²) in [5.74, 6) is -0.582. The third-order valence-electron chi connectivity index (χ3n) is 2.38. The minimum atomic E-state index is -4.84. The van der Waals surface area contributed by atoms with E-state index in [2.05, 4.69) is 19.7 Å². The van der Waals surface area contributed by atoms with Gasteiger partial charge in [0, 0.05) is 17.8 Å². The Labute approximate surface area is 115 Å². The number of aryl methyl sites for hydroxylation is 1. The van der Waals surface area contributed by atoms with Crippen molar-refractivity contribution in [3.8, 4) is 17.1 Å². The number of aromatic nitrogens is 3. The van der Waals surface area contributed by atoms with E-state index in [0.717, 1.165) is 12.4 Å². The second kappa shape index (κ2) is 5.31. The standard InChI is InChI=1S/C11H7F3N4O3/c1-6-9(18(19)20)2-7(3-15-6)10-16-4-8(5-17-10)21-11(12,13)14/h2-5H,1H3. The topological polar surface area (TPSA) is 91.0 Å². The molecule has 0 amide bonds. The molecule has 7 nitrogen and oxygen atoms in total. The Morgan fingerprint density at radius 3 is 2.33 bits per heavy atom. The Kier molecular flexibility index (Phi) is 3.70. The molecule has 0 aliphatic rings. The first kappa shape index (κ1) is 14.6. The molecule has 0 N–H and O–H groups in total. The van der Waals surface area contributed by atoms with Gasteiger partial charge in [0.15, 0.2) is 11.6 Å². The number of hydrogen-bond acceptors (Lipinski definition) is 6. The monoisotopic (exact) mass is 300 g/mol. The number of hydrogen-bond donors (Lipinski definition) is 0. The molecule has 2 rings (SSSR count). The number of nitro groups is 1. The van der Waals surface area contributed by atoms with Gasteiger partial charge in [-0.15, -0.1) is 13.2 Å². The molecule has 2 heterocycles. The van der Waals surface area contributed by atoms with Gasteiger partial charge in [-0.05, 0) is 6.92 Å². The molecule has 0 fully saturated rings. The van der Waals surface area contributed by atoms with Crippen LogP contribution >= 0.6 is 0 Å². The normalized spacial score (nSPS) is 11.2. The minimum absolute atomic E-state index is 0.000115. The maximum atomic E-state index is 12.0. The van der Waals surface area contributed by atoms with Crippen LogP contribution in [-0.4, -0.2) is 26.2 Å². The molecule has 110 valence electrons. The Morgan fingerprint density at radius 1 is 1.19 bits per heavy atom. The van der Waals surface area contributed by atoms with Crippen LogP contribution in [0, 0.1) is 17.0 Å². The van der Waals surface area contributed by atoms with Gasteiger partial charge in [0.2, 0.25) is 0 Å². The van der Waals surface area contributed by atoms with E-state index in [1.54, 1.807) is 0 Å². The predicted molar refractivity (Wildman–Crippen MR) is 63.3 cm³/mol. The summed E-state index contributed by atoms with van der Waals surface area (Å²) in [6.07, 6.45) is -1.90. The zero-order valence-electron chi connectivity index (χ0n) is 10.5. The fourth-order valence-corrected chi connectivity index (χ4v) is 1.48. The van der Waals surface area contributed by atoms with Crippen LogP contribution in [0.3, 0.4) is 0 Å². The van der Waals surface area contributed by atoms with E-state index in [-0.39, 0.29) is 22.8 Å². The molecule has 0 saturated heterocycles. The quantitative estimate of drug-likeness (QED) is 0.639. The molecule has 2 aromatic heterocycles. The zero-order valence-corrected chi connectivity index (χ0v) is 10.5. The summed E-state index contributed by atoms with van der Waals surface area (Å²) in [6, 6.07) is 1.20. The minimum Gasteiger partial charge on any atom is -0.402 e. The van der Waals surface area contributed by atoms with Crippen LogP contribution in [0.25, 0.3) is 11.4 Å². The van der Waals surface area contributed by atoms with Crippen molar-refractivity contribution in [2.45, 2.75) is 13.3 Å². The highest BCUT2D eigenvalue weighted by Gasteiger charge is 2.31. The first-order chi connectivity index (χ1) is 9.76. The van der Waals surface area contributed by atoms with E-state index in [1.807, 2.05) is 0 Å². The lowest BCUT2D eigenvalue weighted by Crippen LogP contribution is -2.17. The highest BCUT2D eigenvalue weighted by atomic mass is 19.4. The van der Waals surface area contributed by atoms with Crippen LogP contribution in [0.15, 0.2) is 24.7 Å². The number of nitrogens with zero attached hydrogens (tertiary/aromatic N) is 4. The van der Waals surface area contributed by atoms with Gasteiger partial charge in [-0.1, -0.05) is 0 Å². The van der Waals surface area contributed by atoms with Crippen molar-refractivity contribution in [2.24, 2.45) is 0 Å². The van der Waals surface area contributed by atoms with Gasteiger partial charge in [0.05, 0.1) is 17.3 Å². The predicted octanol–water partition coefficient (Wildman–Crippen LogP) is 2.65. The molecule has 0 radical (unpaired) electrons. The molecule has 0 spiro atoms. The van der Waals surface area contributed by atoms with Crippen LogP contribution < -0.4 is 4.74 Å². The number of pyridine rings is 1. The van der Waals surface area contributed by atoms with Crippen molar-refractivity contribution >= 4 is 5.69 Å². The number of rotatable bonds is 3. The smallest absolute Gasteiger partial charge is 0.402 e. The summed E-state index contributed by atoms with van der Waals surface area (Å²) in [4.78, 5) is 21.3. The highest BCUT2D eigenvalue weighted by Crippen LogP contribution is 2.25. The summed E-state index contributed by atoms with van der Waals surface area (Å²) in [6.45, 7) is 1.46. The molecule has 2 aromatic rings. The van der Waals surface area contributed by atoms with Crippen LogP contribution in [-0.2, 0) is 0 Å². The molecule has 0 bridgehead atoms. The molecule has 0 aliphatic heterocycles. The van der Waals surface area contributed by atoms with Gasteiger partial charge in [0.1, 0.15) is 5.69 Å². The Morgan fingerprint density at radius 2 is 1.81 bits per heavy atom. The van der Waals surface area contributed by atoms with Crippen molar-refractivity contribution in [1.82, 2.24) is 15.0 Å². The van der Waals surface area contributed by atoms with E-state index >= 15 is 0 Å². The van der Waals surface area contributed by atoms with Gasteiger partial charge >= 0.3 is 6.36 Å². The van der Waals surface area contributed by atoms with Crippen molar-refractivity contribution in [3.63, 3.8) is 0 Å². The van der Waals surface area contributed by atoms with E-state index in [9.17, 15) is 23.3 Å². The molecular formula is C11H7F3N4O3. The largest absolute Gasteiger partial charge is 0.573 e. The number of alkyl halides is 3. The van der Waals surface area contributed by atoms with Crippen molar-refractivity contribution in [1.29, 1.82) is 0 Å². The van der Waals surface area contributed by atoms with E-state index in [4.69, 9.17) is 0 Å². The first-order valence-corrected chi connectivity index (χ1v) is 5.45. The van der Waals surface area contributed by atoms with Crippen molar-refractivity contribution < 1.29 is 22.8 Å². The molecule has 0 aromatic carbocycles. The van der Waals surface area contributed by atoms with Crippen molar-refractivity contribution in [3.05, 3.63) is 40.5 Å². The molecule has 0 aliphatic carbocycles. The Balaban J connectivity index is 2.31. The number of halogens is 3. The lowest BCUT2D eigenvalue weighted by atomic mass is 10.2. The average molecular weight is 300 g/mol. The summed E-state index contributed by atoms with van der Waals surface area (Å²) < 4.78 is 39.6.